The highest BCUT2D eigenvalue weighted by molar-refractivity contribution is 5.95. The number of hydrogen-bond acceptors (Lipinski definition) is 5. The van der Waals surface area contributed by atoms with Gasteiger partial charge in [-0.15, -0.1) is 0 Å². The van der Waals surface area contributed by atoms with Crippen molar-refractivity contribution in [2.24, 2.45) is 0 Å². The second-order valence-electron chi connectivity index (χ2n) is 5.00. The van der Waals surface area contributed by atoms with Gasteiger partial charge in [0.1, 0.15) is 11.5 Å². The Bertz CT molecular complexity index is 544. The molecule has 1 saturated heterocycles. The third kappa shape index (κ3) is 2.49. The summed E-state index contributed by atoms with van der Waals surface area (Å²) in [5.41, 5.74) is 0.259. The molecule has 0 radical (unpaired) electrons. The monoisotopic (exact) mass is 277 g/mol. The largest absolute Gasteiger partial charge is 0.480 e. The van der Waals surface area contributed by atoms with Gasteiger partial charge in [-0.3, -0.25) is 4.79 Å². The fraction of sp³-hybridized carbons (Fsp3) is 0.538. The van der Waals surface area contributed by atoms with Crippen LogP contribution in [0.5, 0.6) is 0 Å². The van der Waals surface area contributed by atoms with Gasteiger partial charge >= 0.3 is 5.97 Å². The number of nitrogens with zero attached hydrogens (tertiary/aromatic N) is 3. The average molecular weight is 277 g/mol. The van der Waals surface area contributed by atoms with Crippen LogP contribution in [0.4, 0.5) is 0 Å². The molecule has 0 aromatic carbocycles. The minimum Gasteiger partial charge on any atom is -0.480 e. The van der Waals surface area contributed by atoms with Gasteiger partial charge in [0.05, 0.1) is 13.2 Å². The molecule has 0 unspecified atom stereocenters. The summed E-state index contributed by atoms with van der Waals surface area (Å²) in [7, 11) is 0. The van der Waals surface area contributed by atoms with E-state index in [0.29, 0.717) is 18.3 Å². The number of carboxylic acids is 1. The van der Waals surface area contributed by atoms with Crippen LogP contribution < -0.4 is 0 Å². The van der Waals surface area contributed by atoms with Crippen molar-refractivity contribution >= 4 is 11.9 Å². The average Bonchev–Trinajstić information content (AvgIpc) is 3.31. The zero-order chi connectivity index (χ0) is 14.1. The number of rotatable bonds is 3. The molecule has 2 fully saturated rings. The molecule has 2 aliphatic rings. The maximum absolute atomic E-state index is 12.4. The molecule has 1 aromatic heterocycles. The quantitative estimate of drug-likeness (QED) is 0.853. The van der Waals surface area contributed by atoms with E-state index in [-0.39, 0.29) is 24.8 Å². The summed E-state index contributed by atoms with van der Waals surface area (Å²) >= 11 is 0. The van der Waals surface area contributed by atoms with Crippen LogP contribution >= 0.6 is 0 Å². The van der Waals surface area contributed by atoms with E-state index in [1.54, 1.807) is 6.20 Å². The Morgan fingerprint density at radius 1 is 1.40 bits per heavy atom. The van der Waals surface area contributed by atoms with Crippen LogP contribution in [0.2, 0.25) is 0 Å². The molecule has 106 valence electrons. The van der Waals surface area contributed by atoms with Crippen molar-refractivity contribution in [3.05, 3.63) is 23.8 Å². The fourth-order valence-electron chi connectivity index (χ4n) is 2.23. The Kier molecular flexibility index (Phi) is 3.35. The fourth-order valence-corrected chi connectivity index (χ4v) is 2.23. The summed E-state index contributed by atoms with van der Waals surface area (Å²) in [6, 6.07) is 0.582. The van der Waals surface area contributed by atoms with Crippen LogP contribution in [0.1, 0.15) is 35.1 Å². The highest BCUT2D eigenvalue weighted by Crippen LogP contribution is 2.37. The van der Waals surface area contributed by atoms with E-state index in [4.69, 9.17) is 9.84 Å². The van der Waals surface area contributed by atoms with Gasteiger partial charge in [0.2, 0.25) is 0 Å². The molecule has 7 heteroatoms. The summed E-state index contributed by atoms with van der Waals surface area (Å²) in [6.07, 6.45) is 3.66. The van der Waals surface area contributed by atoms with Crippen molar-refractivity contribution in [2.75, 3.05) is 19.8 Å². The molecule has 1 amide bonds. The Morgan fingerprint density at radius 2 is 2.20 bits per heavy atom. The van der Waals surface area contributed by atoms with E-state index in [1.807, 2.05) is 0 Å². The number of carbonyl (C=O) groups is 2. The van der Waals surface area contributed by atoms with Crippen molar-refractivity contribution in [3.8, 4) is 0 Å². The molecular formula is C13H15N3O4. The van der Waals surface area contributed by atoms with Crippen LogP contribution in [-0.2, 0) is 9.53 Å². The second kappa shape index (κ2) is 5.16. The minimum absolute atomic E-state index is 0.0155. The first-order valence-electron chi connectivity index (χ1n) is 6.61. The van der Waals surface area contributed by atoms with Crippen LogP contribution in [0, 0.1) is 0 Å². The number of carbonyl (C=O) groups excluding carboxylic acids is 1. The van der Waals surface area contributed by atoms with Gasteiger partial charge in [-0.05, 0) is 18.9 Å². The van der Waals surface area contributed by atoms with Crippen molar-refractivity contribution in [3.63, 3.8) is 0 Å². The summed E-state index contributed by atoms with van der Waals surface area (Å²) < 4.78 is 5.12. The molecule has 1 N–H and O–H groups in total. The first kappa shape index (κ1) is 13.0. The Morgan fingerprint density at radius 3 is 2.90 bits per heavy atom. The topological polar surface area (TPSA) is 92.6 Å². The van der Waals surface area contributed by atoms with Gasteiger partial charge in [-0.2, -0.15) is 0 Å². The lowest BCUT2D eigenvalue weighted by atomic mass is 10.2. The Hall–Kier alpha value is -2.02. The lowest BCUT2D eigenvalue weighted by Gasteiger charge is -2.32. The summed E-state index contributed by atoms with van der Waals surface area (Å²) in [6.45, 7) is 0.621. The Labute approximate surface area is 115 Å². The van der Waals surface area contributed by atoms with Crippen LogP contribution in [0.15, 0.2) is 12.3 Å². The number of carboxylic acid groups (broad SMARTS) is 1. The standard InChI is InChI=1S/C13H15N3O4/c17-12(16-5-6-20-7-10(16)13(18)19)9-3-4-14-11(15-9)8-1-2-8/h3-4,8,10H,1-2,5-7H2,(H,18,19)/t10-/m1/s1. The number of ether oxygens (including phenoxy) is 1. The maximum Gasteiger partial charge on any atom is 0.328 e. The van der Waals surface area contributed by atoms with Crippen molar-refractivity contribution in [2.45, 2.75) is 24.8 Å². The predicted octanol–water partition coefficient (Wildman–Crippen LogP) is 0.280. The number of aliphatic carboxylic acids is 1. The lowest BCUT2D eigenvalue weighted by Crippen LogP contribution is -2.52. The third-order valence-corrected chi connectivity index (χ3v) is 3.51. The highest BCUT2D eigenvalue weighted by atomic mass is 16.5. The molecule has 2 heterocycles. The second-order valence-corrected chi connectivity index (χ2v) is 5.00. The summed E-state index contributed by atoms with van der Waals surface area (Å²) in [5.74, 6) is -0.404. The van der Waals surface area contributed by atoms with Crippen molar-refractivity contribution in [1.82, 2.24) is 14.9 Å². The van der Waals surface area contributed by atoms with Gasteiger partial charge in [-0.25, -0.2) is 14.8 Å². The van der Waals surface area contributed by atoms with E-state index in [9.17, 15) is 9.59 Å². The highest BCUT2D eigenvalue weighted by Gasteiger charge is 2.34. The summed E-state index contributed by atoms with van der Waals surface area (Å²) in [4.78, 5) is 33.3. The smallest absolute Gasteiger partial charge is 0.328 e. The third-order valence-electron chi connectivity index (χ3n) is 3.51. The molecule has 1 aromatic rings. The molecule has 1 saturated carbocycles. The lowest BCUT2D eigenvalue weighted by molar-refractivity contribution is -0.147. The van der Waals surface area contributed by atoms with Crippen LogP contribution in [0.25, 0.3) is 0 Å². The number of amides is 1. The molecule has 3 rings (SSSR count). The van der Waals surface area contributed by atoms with Gasteiger partial charge in [-0.1, -0.05) is 0 Å². The molecule has 0 spiro atoms. The normalized spacial score (nSPS) is 22.6. The van der Waals surface area contributed by atoms with E-state index in [1.165, 1.54) is 11.0 Å². The summed E-state index contributed by atoms with van der Waals surface area (Å²) in [5, 5.41) is 9.15. The zero-order valence-corrected chi connectivity index (χ0v) is 10.9. The molecule has 0 bridgehead atoms. The van der Waals surface area contributed by atoms with Gasteiger partial charge in [0.25, 0.3) is 5.91 Å². The first-order valence-corrected chi connectivity index (χ1v) is 6.61. The van der Waals surface area contributed by atoms with E-state index >= 15 is 0 Å². The maximum atomic E-state index is 12.4. The zero-order valence-electron chi connectivity index (χ0n) is 10.9. The van der Waals surface area contributed by atoms with E-state index in [0.717, 1.165) is 12.8 Å². The van der Waals surface area contributed by atoms with Gasteiger partial charge in [0, 0.05) is 18.7 Å². The minimum atomic E-state index is -1.06. The van der Waals surface area contributed by atoms with E-state index in [2.05, 4.69) is 9.97 Å². The SMILES string of the molecule is O=C(O)[C@H]1COCCN1C(=O)c1ccnc(C2CC2)n1. The Balaban J connectivity index is 1.83. The number of aromatic nitrogens is 2. The molecule has 1 atom stereocenters. The number of hydrogen-bond donors (Lipinski definition) is 1. The predicted molar refractivity (Wildman–Crippen MR) is 67.3 cm³/mol. The molecule has 7 nitrogen and oxygen atoms in total. The van der Waals surface area contributed by atoms with Crippen LogP contribution in [0.3, 0.4) is 0 Å². The van der Waals surface area contributed by atoms with Gasteiger partial charge < -0.3 is 14.7 Å². The molecule has 1 aliphatic heterocycles. The molecule has 1 aliphatic carbocycles. The van der Waals surface area contributed by atoms with Gasteiger partial charge in [0.15, 0.2) is 6.04 Å². The number of morpholine rings is 1. The van der Waals surface area contributed by atoms with Crippen LogP contribution in [-0.4, -0.2) is 57.7 Å². The van der Waals surface area contributed by atoms with E-state index < -0.39 is 12.0 Å². The van der Waals surface area contributed by atoms with Crippen molar-refractivity contribution in [1.29, 1.82) is 0 Å². The first-order chi connectivity index (χ1) is 9.66. The molecular weight excluding hydrogens is 262 g/mol. The van der Waals surface area contributed by atoms with Crippen molar-refractivity contribution < 1.29 is 19.4 Å². The molecule has 20 heavy (non-hydrogen) atoms.